The number of aromatic nitrogens is 4. The Balaban J connectivity index is 1.45. The minimum Gasteiger partial charge on any atom is -0.334 e. The van der Waals surface area contributed by atoms with Gasteiger partial charge in [-0.3, -0.25) is 10.1 Å². The molecule has 0 saturated heterocycles. The molecule has 5 aromatic rings. The van der Waals surface area contributed by atoms with Crippen molar-refractivity contribution in [1.82, 2.24) is 19.6 Å². The summed E-state index contributed by atoms with van der Waals surface area (Å²) < 4.78 is 3.92. The molecule has 0 spiro atoms. The fourth-order valence-electron chi connectivity index (χ4n) is 3.78. The van der Waals surface area contributed by atoms with E-state index in [1.165, 1.54) is 22.9 Å². The molecule has 7 nitrogen and oxygen atoms in total. The zero-order chi connectivity index (χ0) is 20.7. The van der Waals surface area contributed by atoms with Crippen molar-refractivity contribution in [2.75, 3.05) is 0 Å². The second kappa shape index (κ2) is 7.27. The van der Waals surface area contributed by atoms with E-state index in [0.29, 0.717) is 18.1 Å². The Bertz CT molecular complexity index is 1350. The number of nitro groups is 1. The summed E-state index contributed by atoms with van der Waals surface area (Å²) in [5, 5.41) is 22.2. The van der Waals surface area contributed by atoms with E-state index in [0.717, 1.165) is 22.3 Å². The van der Waals surface area contributed by atoms with E-state index in [9.17, 15) is 10.1 Å². The maximum atomic E-state index is 10.9. The zero-order valence-electron chi connectivity index (χ0n) is 15.8. The number of non-ortho nitro benzene ring substituents is 1. The summed E-state index contributed by atoms with van der Waals surface area (Å²) in [5.74, 6) is 0. The van der Waals surface area contributed by atoms with Crippen molar-refractivity contribution in [3.05, 3.63) is 99.3 Å². The van der Waals surface area contributed by atoms with Crippen molar-refractivity contribution in [2.45, 2.75) is 13.1 Å². The third-order valence-corrected chi connectivity index (χ3v) is 5.52. The van der Waals surface area contributed by atoms with Crippen LogP contribution in [-0.4, -0.2) is 24.5 Å². The number of fused-ring (bicyclic) bond motifs is 3. The molecular weight excluding hydrogens is 402 g/mol. The van der Waals surface area contributed by atoms with Gasteiger partial charge in [0, 0.05) is 33.9 Å². The minimum atomic E-state index is -0.463. The van der Waals surface area contributed by atoms with Crippen LogP contribution in [0.1, 0.15) is 11.3 Å². The molecular formula is C22H16ClN5O2. The lowest BCUT2D eigenvalue weighted by atomic mass is 10.2. The van der Waals surface area contributed by atoms with Gasteiger partial charge in [-0.05, 0) is 23.8 Å². The molecule has 0 bridgehead atoms. The minimum absolute atomic E-state index is 0.0330. The van der Waals surface area contributed by atoms with Gasteiger partial charge in [-0.1, -0.05) is 53.2 Å². The monoisotopic (exact) mass is 417 g/mol. The molecule has 148 valence electrons. The second-order valence-electron chi connectivity index (χ2n) is 7.06. The highest BCUT2D eigenvalue weighted by Gasteiger charge is 2.13. The zero-order valence-corrected chi connectivity index (χ0v) is 16.5. The Morgan fingerprint density at radius 3 is 2.23 bits per heavy atom. The van der Waals surface area contributed by atoms with Crippen LogP contribution in [0.4, 0.5) is 5.69 Å². The molecule has 0 aliphatic carbocycles. The number of nitro benzene ring substituents is 1. The summed E-state index contributed by atoms with van der Waals surface area (Å²) in [7, 11) is 0. The smallest absolute Gasteiger partial charge is 0.270 e. The van der Waals surface area contributed by atoms with Crippen molar-refractivity contribution < 1.29 is 4.92 Å². The van der Waals surface area contributed by atoms with Gasteiger partial charge in [0.05, 0.1) is 29.2 Å². The molecule has 0 radical (unpaired) electrons. The standard InChI is InChI=1S/C22H16ClN5O2/c23-20-11-17(28(29)30)10-9-15(20)12-26-13-16(24-25-26)14-27-21-7-3-1-5-18(21)19-6-2-4-8-22(19)27/h1-11,13H,12,14H2. The van der Waals surface area contributed by atoms with Gasteiger partial charge in [0.15, 0.2) is 0 Å². The summed E-state index contributed by atoms with van der Waals surface area (Å²) in [4.78, 5) is 10.4. The molecule has 2 aromatic heterocycles. The Labute approximate surface area is 176 Å². The van der Waals surface area contributed by atoms with Gasteiger partial charge in [0.25, 0.3) is 5.69 Å². The number of hydrogen-bond acceptors (Lipinski definition) is 4. The molecule has 30 heavy (non-hydrogen) atoms. The van der Waals surface area contributed by atoms with Gasteiger partial charge >= 0.3 is 0 Å². The number of halogens is 1. The van der Waals surface area contributed by atoms with Crippen LogP contribution in [0.5, 0.6) is 0 Å². The van der Waals surface area contributed by atoms with E-state index in [4.69, 9.17) is 11.6 Å². The highest BCUT2D eigenvalue weighted by Crippen LogP contribution is 2.29. The molecule has 0 amide bonds. The number of para-hydroxylation sites is 2. The molecule has 2 heterocycles. The third-order valence-electron chi connectivity index (χ3n) is 5.17. The molecule has 0 aliphatic heterocycles. The molecule has 0 atom stereocenters. The molecule has 5 rings (SSSR count). The Morgan fingerprint density at radius 2 is 1.60 bits per heavy atom. The molecule has 0 saturated carbocycles. The fraction of sp³-hybridized carbons (Fsp3) is 0.0909. The summed E-state index contributed by atoms with van der Waals surface area (Å²) in [6, 6.07) is 21.1. The SMILES string of the molecule is O=[N+]([O-])c1ccc(Cn2cc(Cn3c4ccccc4c4ccccc43)nn2)c(Cl)c1. The van der Waals surface area contributed by atoms with E-state index in [2.05, 4.69) is 39.1 Å². The maximum absolute atomic E-state index is 10.9. The number of rotatable bonds is 5. The molecule has 0 N–H and O–H groups in total. The lowest BCUT2D eigenvalue weighted by molar-refractivity contribution is -0.384. The molecule has 0 unspecified atom stereocenters. The lowest BCUT2D eigenvalue weighted by Crippen LogP contribution is -2.02. The summed E-state index contributed by atoms with van der Waals surface area (Å²) >= 11 is 6.21. The van der Waals surface area contributed by atoms with Gasteiger partial charge in [-0.25, -0.2) is 4.68 Å². The quantitative estimate of drug-likeness (QED) is 0.296. The van der Waals surface area contributed by atoms with E-state index in [1.807, 2.05) is 30.5 Å². The van der Waals surface area contributed by atoms with Gasteiger partial charge in [0.1, 0.15) is 5.69 Å². The van der Waals surface area contributed by atoms with Gasteiger partial charge in [-0.15, -0.1) is 5.10 Å². The van der Waals surface area contributed by atoms with Crippen LogP contribution in [-0.2, 0) is 13.1 Å². The number of hydrogen-bond donors (Lipinski definition) is 0. The highest BCUT2D eigenvalue weighted by atomic mass is 35.5. The van der Waals surface area contributed by atoms with Crippen molar-refractivity contribution in [1.29, 1.82) is 0 Å². The average molecular weight is 418 g/mol. The van der Waals surface area contributed by atoms with Gasteiger partial charge in [0.2, 0.25) is 0 Å². The third kappa shape index (κ3) is 3.19. The van der Waals surface area contributed by atoms with E-state index < -0.39 is 4.92 Å². The molecule has 0 fully saturated rings. The van der Waals surface area contributed by atoms with E-state index >= 15 is 0 Å². The van der Waals surface area contributed by atoms with Crippen LogP contribution in [0.15, 0.2) is 72.9 Å². The summed E-state index contributed by atoms with van der Waals surface area (Å²) in [6.07, 6.45) is 1.88. The van der Waals surface area contributed by atoms with Crippen LogP contribution in [0, 0.1) is 10.1 Å². The van der Waals surface area contributed by atoms with Gasteiger partial charge < -0.3 is 4.57 Å². The first kappa shape index (κ1) is 18.3. The first-order valence-corrected chi connectivity index (χ1v) is 9.76. The van der Waals surface area contributed by atoms with Crippen molar-refractivity contribution >= 4 is 39.1 Å². The van der Waals surface area contributed by atoms with Crippen molar-refractivity contribution in [3.63, 3.8) is 0 Å². The van der Waals surface area contributed by atoms with Gasteiger partial charge in [-0.2, -0.15) is 0 Å². The van der Waals surface area contributed by atoms with Crippen LogP contribution in [0.3, 0.4) is 0 Å². The second-order valence-corrected chi connectivity index (χ2v) is 7.47. The highest BCUT2D eigenvalue weighted by molar-refractivity contribution is 6.31. The van der Waals surface area contributed by atoms with Crippen LogP contribution >= 0.6 is 11.6 Å². The predicted molar refractivity (Wildman–Crippen MR) is 116 cm³/mol. The van der Waals surface area contributed by atoms with E-state index in [-0.39, 0.29) is 5.69 Å². The summed E-state index contributed by atoms with van der Waals surface area (Å²) in [5.41, 5.74) is 3.82. The largest absolute Gasteiger partial charge is 0.334 e. The topological polar surface area (TPSA) is 78.8 Å². The molecule has 3 aromatic carbocycles. The van der Waals surface area contributed by atoms with Crippen LogP contribution in [0.2, 0.25) is 5.02 Å². The normalized spacial score (nSPS) is 11.4. The predicted octanol–water partition coefficient (Wildman–Crippen LogP) is 5.04. The number of benzene rings is 3. The van der Waals surface area contributed by atoms with E-state index in [1.54, 1.807) is 10.7 Å². The molecule has 8 heteroatoms. The Kier molecular flexibility index (Phi) is 4.44. The Hall–Kier alpha value is -3.71. The first-order chi connectivity index (χ1) is 14.6. The van der Waals surface area contributed by atoms with Crippen molar-refractivity contribution in [2.24, 2.45) is 0 Å². The first-order valence-electron chi connectivity index (χ1n) is 9.38. The lowest BCUT2D eigenvalue weighted by Gasteiger charge is -2.05. The average Bonchev–Trinajstić information content (AvgIpc) is 3.33. The fourth-order valence-corrected chi connectivity index (χ4v) is 4.01. The van der Waals surface area contributed by atoms with Crippen molar-refractivity contribution in [3.8, 4) is 0 Å². The van der Waals surface area contributed by atoms with Crippen LogP contribution in [0.25, 0.3) is 21.8 Å². The Morgan fingerprint density at radius 1 is 0.933 bits per heavy atom. The number of nitrogens with zero attached hydrogens (tertiary/aromatic N) is 5. The maximum Gasteiger partial charge on any atom is 0.270 e. The van der Waals surface area contributed by atoms with Crippen LogP contribution < -0.4 is 0 Å². The summed E-state index contributed by atoms with van der Waals surface area (Å²) in [6.45, 7) is 0.971. The molecule has 0 aliphatic rings.